The molecular weight excluding hydrogens is 232 g/mol. The Labute approximate surface area is 120 Å². The lowest BCUT2D eigenvalue weighted by atomic mass is 9.85. The zero-order chi connectivity index (χ0) is 13.5. The van der Waals surface area contributed by atoms with Gasteiger partial charge in [-0.25, -0.2) is 0 Å². The zero-order valence-electron chi connectivity index (χ0n) is 13.2. The summed E-state index contributed by atoms with van der Waals surface area (Å²) in [5.41, 5.74) is 0. The molecule has 1 atom stereocenters. The summed E-state index contributed by atoms with van der Waals surface area (Å²) in [7, 11) is 0. The maximum Gasteiger partial charge on any atom is 0.0223 e. The molecule has 0 spiro atoms. The van der Waals surface area contributed by atoms with E-state index in [4.69, 9.17) is 0 Å². The van der Waals surface area contributed by atoms with Crippen molar-refractivity contribution in [2.24, 2.45) is 11.8 Å². The molecule has 2 rings (SSSR count). The van der Waals surface area contributed by atoms with Gasteiger partial charge in [0.1, 0.15) is 0 Å². The number of likely N-dealkylation sites (N-methyl/N-ethyl adjacent to an activating group) is 1. The van der Waals surface area contributed by atoms with Crippen LogP contribution < -0.4 is 5.32 Å². The summed E-state index contributed by atoms with van der Waals surface area (Å²) in [4.78, 5) is 2.72. The molecule has 0 amide bonds. The highest BCUT2D eigenvalue weighted by molar-refractivity contribution is 4.84. The van der Waals surface area contributed by atoms with Crippen LogP contribution in [0, 0.1) is 11.8 Å². The summed E-state index contributed by atoms with van der Waals surface area (Å²) in [5, 5.41) is 3.84. The summed E-state index contributed by atoms with van der Waals surface area (Å²) in [5.74, 6) is 1.96. The van der Waals surface area contributed by atoms with E-state index in [1.165, 1.54) is 77.5 Å². The van der Waals surface area contributed by atoms with Gasteiger partial charge in [0.15, 0.2) is 0 Å². The fourth-order valence-corrected chi connectivity index (χ4v) is 3.72. The van der Waals surface area contributed by atoms with Gasteiger partial charge in [0.2, 0.25) is 0 Å². The van der Waals surface area contributed by atoms with Gasteiger partial charge in [0.05, 0.1) is 0 Å². The molecule has 2 aliphatic carbocycles. The Bertz CT molecular complexity index is 231. The van der Waals surface area contributed by atoms with Crippen LogP contribution >= 0.6 is 0 Å². The molecule has 2 heteroatoms. The number of nitrogens with zero attached hydrogens (tertiary/aromatic N) is 1. The largest absolute Gasteiger partial charge is 0.312 e. The summed E-state index contributed by atoms with van der Waals surface area (Å²) >= 11 is 0. The third kappa shape index (κ3) is 4.75. The van der Waals surface area contributed by atoms with E-state index in [2.05, 4.69) is 24.1 Å². The molecule has 2 saturated carbocycles. The predicted octanol–water partition coefficient (Wildman–Crippen LogP) is 3.67. The van der Waals surface area contributed by atoms with Crippen LogP contribution in [-0.4, -0.2) is 37.1 Å². The first-order valence-electron chi connectivity index (χ1n) is 8.79. The van der Waals surface area contributed by atoms with E-state index in [1.807, 2.05) is 0 Å². The molecule has 2 fully saturated rings. The van der Waals surface area contributed by atoms with Crippen LogP contribution in [0.4, 0.5) is 0 Å². The van der Waals surface area contributed by atoms with Gasteiger partial charge in [0, 0.05) is 19.1 Å². The molecule has 2 nitrogen and oxygen atoms in total. The van der Waals surface area contributed by atoms with Crippen LogP contribution in [0.3, 0.4) is 0 Å². The van der Waals surface area contributed by atoms with Gasteiger partial charge >= 0.3 is 0 Å². The van der Waals surface area contributed by atoms with Crippen molar-refractivity contribution in [1.29, 1.82) is 0 Å². The van der Waals surface area contributed by atoms with E-state index < -0.39 is 0 Å². The Morgan fingerprint density at radius 2 is 1.79 bits per heavy atom. The molecule has 0 aromatic rings. The molecule has 19 heavy (non-hydrogen) atoms. The molecule has 0 radical (unpaired) electrons. The minimum absolute atomic E-state index is 0.752. The maximum absolute atomic E-state index is 3.84. The van der Waals surface area contributed by atoms with E-state index in [1.54, 1.807) is 0 Å². The molecule has 0 heterocycles. The van der Waals surface area contributed by atoms with Crippen molar-refractivity contribution in [3.63, 3.8) is 0 Å². The Kier molecular flexibility index (Phi) is 6.66. The molecule has 0 aromatic carbocycles. The van der Waals surface area contributed by atoms with Crippen molar-refractivity contribution in [3.8, 4) is 0 Å². The zero-order valence-corrected chi connectivity index (χ0v) is 13.2. The smallest absolute Gasteiger partial charge is 0.0223 e. The third-order valence-corrected chi connectivity index (χ3v) is 5.27. The highest BCUT2D eigenvalue weighted by Crippen LogP contribution is 2.30. The van der Waals surface area contributed by atoms with Crippen molar-refractivity contribution in [1.82, 2.24) is 10.2 Å². The van der Waals surface area contributed by atoms with Gasteiger partial charge < -0.3 is 10.2 Å². The van der Waals surface area contributed by atoms with Gasteiger partial charge in [-0.05, 0) is 57.0 Å². The number of hydrogen-bond acceptors (Lipinski definition) is 2. The van der Waals surface area contributed by atoms with Crippen molar-refractivity contribution in [2.45, 2.75) is 71.3 Å². The minimum atomic E-state index is 0.752. The van der Waals surface area contributed by atoms with Gasteiger partial charge in [-0.2, -0.15) is 0 Å². The van der Waals surface area contributed by atoms with Crippen LogP contribution in [0.1, 0.15) is 65.2 Å². The van der Waals surface area contributed by atoms with Crippen molar-refractivity contribution in [3.05, 3.63) is 0 Å². The van der Waals surface area contributed by atoms with Crippen LogP contribution in [0.15, 0.2) is 0 Å². The van der Waals surface area contributed by atoms with Crippen molar-refractivity contribution >= 4 is 0 Å². The predicted molar refractivity (Wildman–Crippen MR) is 83.5 cm³/mol. The summed E-state index contributed by atoms with van der Waals surface area (Å²) in [6.45, 7) is 9.69. The van der Waals surface area contributed by atoms with Gasteiger partial charge in [-0.3, -0.25) is 0 Å². The van der Waals surface area contributed by atoms with E-state index in [0.717, 1.165) is 17.9 Å². The molecule has 0 aliphatic heterocycles. The molecule has 112 valence electrons. The highest BCUT2D eigenvalue weighted by atomic mass is 15.1. The van der Waals surface area contributed by atoms with Crippen LogP contribution in [0.5, 0.6) is 0 Å². The van der Waals surface area contributed by atoms with Crippen molar-refractivity contribution in [2.75, 3.05) is 26.2 Å². The summed E-state index contributed by atoms with van der Waals surface area (Å²) < 4.78 is 0. The Hall–Kier alpha value is -0.0800. The lowest BCUT2D eigenvalue weighted by molar-refractivity contribution is 0.155. The van der Waals surface area contributed by atoms with Gasteiger partial charge in [-0.1, -0.05) is 33.1 Å². The normalized spacial score (nSPS) is 22.9. The van der Waals surface area contributed by atoms with E-state index in [9.17, 15) is 0 Å². The Balaban J connectivity index is 1.80. The molecule has 1 unspecified atom stereocenters. The molecule has 0 saturated heterocycles. The molecule has 0 aromatic heterocycles. The molecular formula is C17H34N2. The molecule has 1 N–H and O–H groups in total. The van der Waals surface area contributed by atoms with Gasteiger partial charge in [-0.15, -0.1) is 0 Å². The lowest BCUT2D eigenvalue weighted by Gasteiger charge is -2.35. The number of nitrogens with one attached hydrogen (secondary N) is 1. The standard InChI is InChI=1S/C17H34N2/c1-3-12-18-17(16-10-5-6-11-16)14-19(4-2)13-15-8-7-9-15/h15-18H,3-14H2,1-2H3. The second kappa shape index (κ2) is 8.26. The Morgan fingerprint density at radius 3 is 2.32 bits per heavy atom. The molecule has 0 bridgehead atoms. The number of rotatable bonds is 9. The average Bonchev–Trinajstić information content (AvgIpc) is 2.90. The van der Waals surface area contributed by atoms with Crippen LogP contribution in [0.2, 0.25) is 0 Å². The minimum Gasteiger partial charge on any atom is -0.312 e. The average molecular weight is 266 g/mol. The number of hydrogen-bond donors (Lipinski definition) is 1. The fraction of sp³-hybridized carbons (Fsp3) is 1.00. The fourth-order valence-electron chi connectivity index (χ4n) is 3.72. The second-order valence-corrected chi connectivity index (χ2v) is 6.75. The maximum atomic E-state index is 3.84. The van der Waals surface area contributed by atoms with Crippen molar-refractivity contribution < 1.29 is 0 Å². The molecule has 2 aliphatic rings. The second-order valence-electron chi connectivity index (χ2n) is 6.75. The first kappa shape index (κ1) is 15.3. The first-order chi connectivity index (χ1) is 9.33. The summed E-state index contributed by atoms with van der Waals surface area (Å²) in [6, 6.07) is 0.752. The van der Waals surface area contributed by atoms with Crippen LogP contribution in [-0.2, 0) is 0 Å². The van der Waals surface area contributed by atoms with E-state index >= 15 is 0 Å². The highest BCUT2D eigenvalue weighted by Gasteiger charge is 2.27. The van der Waals surface area contributed by atoms with E-state index in [-0.39, 0.29) is 0 Å². The Morgan fingerprint density at radius 1 is 1.05 bits per heavy atom. The lowest BCUT2D eigenvalue weighted by Crippen LogP contribution is -2.47. The van der Waals surface area contributed by atoms with Gasteiger partial charge in [0.25, 0.3) is 0 Å². The topological polar surface area (TPSA) is 15.3 Å². The van der Waals surface area contributed by atoms with Crippen LogP contribution in [0.25, 0.3) is 0 Å². The first-order valence-corrected chi connectivity index (χ1v) is 8.79. The third-order valence-electron chi connectivity index (χ3n) is 5.27. The summed E-state index contributed by atoms with van der Waals surface area (Å²) in [6.07, 6.45) is 11.5. The van der Waals surface area contributed by atoms with E-state index in [0.29, 0.717) is 0 Å². The SMILES string of the molecule is CCCNC(CN(CC)CC1CCC1)C1CCCC1. The monoisotopic (exact) mass is 266 g/mol. The quantitative estimate of drug-likeness (QED) is 0.685.